The summed E-state index contributed by atoms with van der Waals surface area (Å²) < 4.78 is 2.34. The number of rotatable bonds is 3. The third-order valence-electron chi connectivity index (χ3n) is 2.67. The van der Waals surface area contributed by atoms with E-state index in [4.69, 9.17) is 11.6 Å². The first-order chi connectivity index (χ1) is 8.24. The number of carbonyl (C=O) groups excluding carboxylic acids is 1. The molecule has 1 N–H and O–H groups in total. The van der Waals surface area contributed by atoms with Crippen molar-refractivity contribution in [2.24, 2.45) is 0 Å². The predicted octanol–water partition coefficient (Wildman–Crippen LogP) is 1.37. The van der Waals surface area contributed by atoms with E-state index in [-0.39, 0.29) is 5.78 Å². The van der Waals surface area contributed by atoms with E-state index < -0.39 is 0 Å². The lowest BCUT2D eigenvalue weighted by Crippen LogP contribution is -2.43. The van der Waals surface area contributed by atoms with Crippen LogP contribution < -0.4 is 5.32 Å². The first-order valence-corrected chi connectivity index (χ1v) is 6.36. The summed E-state index contributed by atoms with van der Waals surface area (Å²) in [5.41, 5.74) is 0.371. The fourth-order valence-electron chi connectivity index (χ4n) is 1.58. The molecule has 2 aromatic rings. The molecule has 0 radical (unpaired) electrons. The van der Waals surface area contributed by atoms with Crippen LogP contribution in [0.1, 0.15) is 21.4 Å². The smallest absolute Gasteiger partial charge is 0.224 e. The van der Waals surface area contributed by atoms with Gasteiger partial charge in [0.25, 0.3) is 0 Å². The van der Waals surface area contributed by atoms with Gasteiger partial charge in [0.2, 0.25) is 5.78 Å². The SMILES string of the molecule is O=C(c1cn(C2CNC2)nn1)c1ccc(Cl)s1. The van der Waals surface area contributed by atoms with E-state index >= 15 is 0 Å². The summed E-state index contributed by atoms with van der Waals surface area (Å²) >= 11 is 7.05. The molecule has 0 spiro atoms. The molecule has 2 aromatic heterocycles. The number of hydrogen-bond donors (Lipinski definition) is 1. The van der Waals surface area contributed by atoms with Crippen LogP contribution in [0.25, 0.3) is 0 Å². The van der Waals surface area contributed by atoms with Crippen molar-refractivity contribution in [3.63, 3.8) is 0 Å². The monoisotopic (exact) mass is 268 g/mol. The molecule has 0 unspecified atom stereocenters. The van der Waals surface area contributed by atoms with Crippen molar-refractivity contribution in [3.8, 4) is 0 Å². The zero-order chi connectivity index (χ0) is 11.8. The van der Waals surface area contributed by atoms with Crippen LogP contribution in [-0.4, -0.2) is 33.9 Å². The number of aromatic nitrogens is 3. The Morgan fingerprint density at radius 2 is 2.35 bits per heavy atom. The summed E-state index contributed by atoms with van der Waals surface area (Å²) in [4.78, 5) is 12.6. The molecule has 0 bridgehead atoms. The molecular formula is C10H9ClN4OS. The number of nitrogens with zero attached hydrogens (tertiary/aromatic N) is 3. The van der Waals surface area contributed by atoms with Gasteiger partial charge in [-0.15, -0.1) is 16.4 Å². The fourth-order valence-corrected chi connectivity index (χ4v) is 2.57. The number of hydrogen-bond acceptors (Lipinski definition) is 5. The summed E-state index contributed by atoms with van der Waals surface area (Å²) in [5.74, 6) is -0.125. The van der Waals surface area contributed by atoms with Gasteiger partial charge in [0.05, 0.1) is 21.5 Å². The van der Waals surface area contributed by atoms with Gasteiger partial charge in [-0.3, -0.25) is 4.79 Å². The number of halogens is 1. The topological polar surface area (TPSA) is 59.8 Å². The molecule has 88 valence electrons. The molecule has 5 nitrogen and oxygen atoms in total. The summed E-state index contributed by atoms with van der Waals surface area (Å²) in [5, 5.41) is 11.0. The van der Waals surface area contributed by atoms with E-state index in [0.717, 1.165) is 13.1 Å². The van der Waals surface area contributed by atoms with Crippen LogP contribution in [0.2, 0.25) is 4.34 Å². The maximum atomic E-state index is 12.0. The van der Waals surface area contributed by atoms with Gasteiger partial charge >= 0.3 is 0 Å². The quantitative estimate of drug-likeness (QED) is 0.854. The lowest BCUT2D eigenvalue weighted by atomic mass is 10.2. The Morgan fingerprint density at radius 3 is 2.94 bits per heavy atom. The minimum atomic E-state index is -0.125. The lowest BCUT2D eigenvalue weighted by molar-refractivity contribution is 0.103. The van der Waals surface area contributed by atoms with E-state index in [0.29, 0.717) is 20.9 Å². The van der Waals surface area contributed by atoms with Crippen molar-refractivity contribution < 1.29 is 4.79 Å². The molecule has 1 saturated heterocycles. The normalized spacial score (nSPS) is 15.8. The average molecular weight is 269 g/mol. The zero-order valence-electron chi connectivity index (χ0n) is 8.76. The molecule has 1 fully saturated rings. The van der Waals surface area contributed by atoms with E-state index in [9.17, 15) is 4.79 Å². The molecule has 0 saturated carbocycles. The number of carbonyl (C=O) groups is 1. The highest BCUT2D eigenvalue weighted by Crippen LogP contribution is 2.23. The van der Waals surface area contributed by atoms with Crippen molar-refractivity contribution in [2.75, 3.05) is 13.1 Å². The average Bonchev–Trinajstić information content (AvgIpc) is 2.84. The highest BCUT2D eigenvalue weighted by Gasteiger charge is 2.22. The molecule has 7 heteroatoms. The Labute approximate surface area is 106 Å². The Kier molecular flexibility index (Phi) is 2.70. The van der Waals surface area contributed by atoms with Crippen LogP contribution in [-0.2, 0) is 0 Å². The summed E-state index contributed by atoms with van der Waals surface area (Å²) in [6, 6.07) is 3.73. The molecule has 17 heavy (non-hydrogen) atoms. The van der Waals surface area contributed by atoms with E-state index in [2.05, 4.69) is 15.6 Å². The minimum absolute atomic E-state index is 0.125. The van der Waals surface area contributed by atoms with E-state index in [1.165, 1.54) is 11.3 Å². The molecule has 1 aliphatic heterocycles. The van der Waals surface area contributed by atoms with E-state index in [1.54, 1.807) is 23.0 Å². The molecule has 0 aliphatic carbocycles. The second kappa shape index (κ2) is 4.21. The fraction of sp³-hybridized carbons (Fsp3) is 0.300. The van der Waals surface area contributed by atoms with Gasteiger partial charge in [0.1, 0.15) is 0 Å². The van der Waals surface area contributed by atoms with Gasteiger partial charge < -0.3 is 5.32 Å². The zero-order valence-corrected chi connectivity index (χ0v) is 10.3. The standard InChI is InChI=1S/C10H9ClN4OS/c11-9-2-1-8(17-9)10(16)7-5-15(14-13-7)6-3-12-4-6/h1-2,5-6,12H,3-4H2. The van der Waals surface area contributed by atoms with Crippen molar-refractivity contribution in [3.05, 3.63) is 33.2 Å². The van der Waals surface area contributed by atoms with Crippen LogP contribution >= 0.6 is 22.9 Å². The van der Waals surface area contributed by atoms with Crippen LogP contribution in [0.15, 0.2) is 18.3 Å². The lowest BCUT2D eigenvalue weighted by Gasteiger charge is -2.26. The molecular weight excluding hydrogens is 260 g/mol. The molecule has 1 aliphatic rings. The Balaban J connectivity index is 1.83. The summed E-state index contributed by atoms with van der Waals surface area (Å²) in [6.45, 7) is 1.75. The third-order valence-corrected chi connectivity index (χ3v) is 3.90. The van der Waals surface area contributed by atoms with Crippen molar-refractivity contribution in [1.29, 1.82) is 0 Å². The molecule has 0 aromatic carbocycles. The van der Waals surface area contributed by atoms with Gasteiger partial charge in [-0.2, -0.15) is 0 Å². The number of nitrogens with one attached hydrogen (secondary N) is 1. The predicted molar refractivity (Wildman–Crippen MR) is 64.7 cm³/mol. The molecule has 3 heterocycles. The van der Waals surface area contributed by atoms with Crippen molar-refractivity contribution in [1.82, 2.24) is 20.3 Å². The van der Waals surface area contributed by atoms with Gasteiger partial charge in [0, 0.05) is 13.1 Å². The van der Waals surface area contributed by atoms with Gasteiger partial charge in [0.15, 0.2) is 5.69 Å². The first-order valence-electron chi connectivity index (χ1n) is 5.16. The third kappa shape index (κ3) is 1.99. The highest BCUT2D eigenvalue weighted by atomic mass is 35.5. The van der Waals surface area contributed by atoms with Crippen LogP contribution in [0, 0.1) is 0 Å². The van der Waals surface area contributed by atoms with Gasteiger partial charge in [-0.05, 0) is 12.1 Å². The highest BCUT2D eigenvalue weighted by molar-refractivity contribution is 7.18. The second-order valence-electron chi connectivity index (χ2n) is 3.83. The first kappa shape index (κ1) is 10.9. The molecule has 3 rings (SSSR count). The Bertz CT molecular complexity index is 560. The summed E-state index contributed by atoms with van der Waals surface area (Å²) in [6.07, 6.45) is 1.70. The van der Waals surface area contributed by atoms with Crippen molar-refractivity contribution >= 4 is 28.7 Å². The van der Waals surface area contributed by atoms with Crippen LogP contribution in [0.4, 0.5) is 0 Å². The van der Waals surface area contributed by atoms with Crippen LogP contribution in [0.3, 0.4) is 0 Å². The Hall–Kier alpha value is -1.24. The van der Waals surface area contributed by atoms with Crippen LogP contribution in [0.5, 0.6) is 0 Å². The molecule has 0 atom stereocenters. The summed E-state index contributed by atoms with van der Waals surface area (Å²) in [7, 11) is 0. The largest absolute Gasteiger partial charge is 0.312 e. The second-order valence-corrected chi connectivity index (χ2v) is 5.54. The number of ketones is 1. The minimum Gasteiger partial charge on any atom is -0.312 e. The van der Waals surface area contributed by atoms with Gasteiger partial charge in [-0.25, -0.2) is 4.68 Å². The Morgan fingerprint density at radius 1 is 1.53 bits per heavy atom. The maximum absolute atomic E-state index is 12.0. The van der Waals surface area contributed by atoms with E-state index in [1.807, 2.05) is 0 Å². The van der Waals surface area contributed by atoms with Crippen molar-refractivity contribution in [2.45, 2.75) is 6.04 Å². The maximum Gasteiger partial charge on any atom is 0.224 e. The number of thiophene rings is 1. The van der Waals surface area contributed by atoms with Gasteiger partial charge in [-0.1, -0.05) is 16.8 Å². The molecule has 0 amide bonds.